The van der Waals surface area contributed by atoms with E-state index in [1.165, 1.54) is 10.2 Å². The van der Waals surface area contributed by atoms with E-state index in [9.17, 15) is 4.79 Å². The van der Waals surface area contributed by atoms with Crippen molar-refractivity contribution in [2.45, 2.75) is 32.7 Å². The van der Waals surface area contributed by atoms with Gasteiger partial charge < -0.3 is 11.1 Å². The SMILES string of the molecule is Cc1nn(C)c(C(=O)NC(C)CCc2ccccc2)c1N. The molecule has 5 nitrogen and oxygen atoms in total. The van der Waals surface area contributed by atoms with Crippen LogP contribution in [0.2, 0.25) is 0 Å². The van der Waals surface area contributed by atoms with E-state index in [0.717, 1.165) is 12.8 Å². The zero-order valence-electron chi connectivity index (χ0n) is 12.8. The molecule has 112 valence electrons. The summed E-state index contributed by atoms with van der Waals surface area (Å²) in [5.74, 6) is -0.170. The fraction of sp³-hybridized carbons (Fsp3) is 0.375. The van der Waals surface area contributed by atoms with E-state index in [1.807, 2.05) is 25.1 Å². The largest absolute Gasteiger partial charge is 0.395 e. The number of aromatic nitrogens is 2. The summed E-state index contributed by atoms with van der Waals surface area (Å²) < 4.78 is 1.53. The Bertz CT molecular complexity index is 619. The van der Waals surface area contributed by atoms with Crippen molar-refractivity contribution in [3.05, 3.63) is 47.3 Å². The van der Waals surface area contributed by atoms with Gasteiger partial charge in [0.15, 0.2) is 0 Å². The molecule has 5 heteroatoms. The van der Waals surface area contributed by atoms with Gasteiger partial charge in [-0.05, 0) is 32.3 Å². The lowest BCUT2D eigenvalue weighted by molar-refractivity contribution is 0.0930. The number of carbonyl (C=O) groups excluding carboxylic acids is 1. The average Bonchev–Trinajstić information content (AvgIpc) is 2.71. The first-order valence-electron chi connectivity index (χ1n) is 7.13. The van der Waals surface area contributed by atoms with Crippen molar-refractivity contribution < 1.29 is 4.79 Å². The van der Waals surface area contributed by atoms with Crippen molar-refractivity contribution >= 4 is 11.6 Å². The van der Waals surface area contributed by atoms with Crippen molar-refractivity contribution in [3.63, 3.8) is 0 Å². The molecule has 2 aromatic rings. The van der Waals surface area contributed by atoms with Crippen molar-refractivity contribution in [3.8, 4) is 0 Å². The second-order valence-corrected chi connectivity index (χ2v) is 5.37. The Morgan fingerprint density at radius 1 is 1.38 bits per heavy atom. The summed E-state index contributed by atoms with van der Waals surface area (Å²) in [7, 11) is 1.73. The Kier molecular flexibility index (Phi) is 4.62. The van der Waals surface area contributed by atoms with Crippen LogP contribution in [-0.2, 0) is 13.5 Å². The van der Waals surface area contributed by atoms with Gasteiger partial charge in [0.05, 0.1) is 11.4 Å². The van der Waals surface area contributed by atoms with Gasteiger partial charge in [-0.3, -0.25) is 9.48 Å². The van der Waals surface area contributed by atoms with Crippen molar-refractivity contribution in [1.82, 2.24) is 15.1 Å². The van der Waals surface area contributed by atoms with E-state index < -0.39 is 0 Å². The fourth-order valence-electron chi connectivity index (χ4n) is 2.34. The molecule has 0 saturated carbocycles. The predicted octanol–water partition coefficient (Wildman–Crippen LogP) is 2.06. The maximum atomic E-state index is 12.3. The third-order valence-electron chi connectivity index (χ3n) is 3.57. The van der Waals surface area contributed by atoms with Crippen molar-refractivity contribution in [1.29, 1.82) is 0 Å². The molecule has 0 aliphatic rings. The van der Waals surface area contributed by atoms with Gasteiger partial charge in [-0.1, -0.05) is 30.3 Å². The van der Waals surface area contributed by atoms with Crippen LogP contribution < -0.4 is 11.1 Å². The first-order chi connectivity index (χ1) is 9.99. The lowest BCUT2D eigenvalue weighted by atomic mass is 10.1. The number of nitrogens with two attached hydrogens (primary N) is 1. The van der Waals surface area contributed by atoms with Gasteiger partial charge in [0.1, 0.15) is 5.69 Å². The molecule has 1 aromatic carbocycles. The van der Waals surface area contributed by atoms with Gasteiger partial charge in [0.2, 0.25) is 0 Å². The van der Waals surface area contributed by atoms with Crippen molar-refractivity contribution in [2.75, 3.05) is 5.73 Å². The standard InChI is InChI=1S/C16H22N4O/c1-11(9-10-13-7-5-4-6-8-13)18-16(21)15-14(17)12(2)19-20(15)3/h4-8,11H,9-10,17H2,1-3H3,(H,18,21). The van der Waals surface area contributed by atoms with E-state index in [1.54, 1.807) is 14.0 Å². The van der Waals surface area contributed by atoms with Gasteiger partial charge in [0, 0.05) is 13.1 Å². The first kappa shape index (κ1) is 15.1. The number of hydrogen-bond acceptors (Lipinski definition) is 3. The summed E-state index contributed by atoms with van der Waals surface area (Å²) in [4.78, 5) is 12.3. The number of anilines is 1. The maximum Gasteiger partial charge on any atom is 0.271 e. The highest BCUT2D eigenvalue weighted by Crippen LogP contribution is 2.15. The third-order valence-corrected chi connectivity index (χ3v) is 3.57. The molecule has 1 aromatic heterocycles. The van der Waals surface area contributed by atoms with Gasteiger partial charge >= 0.3 is 0 Å². The smallest absolute Gasteiger partial charge is 0.271 e. The molecule has 0 fully saturated rings. The summed E-state index contributed by atoms with van der Waals surface area (Å²) in [6.45, 7) is 3.80. The molecule has 0 aliphatic carbocycles. The molecule has 0 aliphatic heterocycles. The summed E-state index contributed by atoms with van der Waals surface area (Å²) >= 11 is 0. The molecule has 2 rings (SSSR count). The van der Waals surface area contributed by atoms with Gasteiger partial charge in [-0.15, -0.1) is 0 Å². The molecule has 1 atom stereocenters. The summed E-state index contributed by atoms with van der Waals surface area (Å²) in [5, 5.41) is 7.15. The maximum absolute atomic E-state index is 12.3. The monoisotopic (exact) mass is 286 g/mol. The normalized spacial score (nSPS) is 12.1. The van der Waals surface area contributed by atoms with Gasteiger partial charge in [-0.2, -0.15) is 5.10 Å². The Balaban J connectivity index is 1.93. The highest BCUT2D eigenvalue weighted by atomic mass is 16.2. The number of carbonyl (C=O) groups is 1. The Labute approximate surface area is 125 Å². The minimum atomic E-state index is -0.170. The lowest BCUT2D eigenvalue weighted by Crippen LogP contribution is -2.34. The van der Waals surface area contributed by atoms with E-state index in [0.29, 0.717) is 17.1 Å². The molecule has 0 saturated heterocycles. The molecular weight excluding hydrogens is 264 g/mol. The molecule has 3 N–H and O–H groups in total. The molecule has 0 bridgehead atoms. The molecule has 1 unspecified atom stereocenters. The quantitative estimate of drug-likeness (QED) is 0.883. The second-order valence-electron chi connectivity index (χ2n) is 5.37. The van der Waals surface area contributed by atoms with Crippen LogP contribution in [0.4, 0.5) is 5.69 Å². The molecule has 0 spiro atoms. The third kappa shape index (κ3) is 3.62. The van der Waals surface area contributed by atoms with E-state index in [2.05, 4.69) is 22.5 Å². The van der Waals surface area contributed by atoms with Crippen molar-refractivity contribution in [2.24, 2.45) is 7.05 Å². The number of nitrogens with zero attached hydrogens (tertiary/aromatic N) is 2. The topological polar surface area (TPSA) is 72.9 Å². The summed E-state index contributed by atoms with van der Waals surface area (Å²) in [5.41, 5.74) is 8.73. The van der Waals surface area contributed by atoms with Gasteiger partial charge in [0.25, 0.3) is 5.91 Å². The zero-order valence-corrected chi connectivity index (χ0v) is 12.8. The van der Waals surface area contributed by atoms with Crippen LogP contribution in [0, 0.1) is 6.92 Å². The van der Waals surface area contributed by atoms with Crippen LogP contribution in [0.5, 0.6) is 0 Å². The van der Waals surface area contributed by atoms with Crippen LogP contribution in [-0.4, -0.2) is 21.7 Å². The highest BCUT2D eigenvalue weighted by molar-refractivity contribution is 5.98. The number of benzene rings is 1. The van der Waals surface area contributed by atoms with E-state index in [-0.39, 0.29) is 11.9 Å². The molecule has 1 amide bonds. The molecule has 0 radical (unpaired) electrons. The van der Waals surface area contributed by atoms with Crippen LogP contribution >= 0.6 is 0 Å². The Morgan fingerprint density at radius 2 is 2.05 bits per heavy atom. The number of nitrogens with one attached hydrogen (secondary N) is 1. The highest BCUT2D eigenvalue weighted by Gasteiger charge is 2.19. The first-order valence-corrected chi connectivity index (χ1v) is 7.13. The Hall–Kier alpha value is -2.30. The van der Waals surface area contributed by atoms with Crippen LogP contribution in [0.15, 0.2) is 30.3 Å². The molecule has 1 heterocycles. The van der Waals surface area contributed by atoms with Gasteiger partial charge in [-0.25, -0.2) is 0 Å². The Morgan fingerprint density at radius 3 is 2.62 bits per heavy atom. The minimum absolute atomic E-state index is 0.0762. The summed E-state index contributed by atoms with van der Waals surface area (Å²) in [6, 6.07) is 10.3. The number of amides is 1. The fourth-order valence-corrected chi connectivity index (χ4v) is 2.34. The van der Waals surface area contributed by atoms with Crippen LogP contribution in [0.3, 0.4) is 0 Å². The number of hydrogen-bond donors (Lipinski definition) is 2. The van der Waals surface area contributed by atoms with E-state index in [4.69, 9.17) is 5.73 Å². The average molecular weight is 286 g/mol. The molecular formula is C16H22N4O. The second kappa shape index (κ2) is 6.43. The number of nitrogen functional groups attached to an aromatic ring is 1. The van der Waals surface area contributed by atoms with Crippen LogP contribution in [0.25, 0.3) is 0 Å². The number of rotatable bonds is 5. The molecule has 21 heavy (non-hydrogen) atoms. The predicted molar refractivity (Wildman–Crippen MR) is 84.0 cm³/mol. The lowest BCUT2D eigenvalue weighted by Gasteiger charge is -2.14. The zero-order chi connectivity index (χ0) is 15.4. The van der Waals surface area contributed by atoms with E-state index >= 15 is 0 Å². The number of aryl methyl sites for hydroxylation is 3. The summed E-state index contributed by atoms with van der Waals surface area (Å²) in [6.07, 6.45) is 1.81. The van der Waals surface area contributed by atoms with Crippen LogP contribution in [0.1, 0.15) is 35.1 Å². The minimum Gasteiger partial charge on any atom is -0.395 e.